The average molecular weight is 335 g/mol. The van der Waals surface area contributed by atoms with Crippen LogP contribution in [0.5, 0.6) is 0 Å². The Morgan fingerprint density at radius 1 is 1.08 bits per heavy atom. The van der Waals surface area contributed by atoms with E-state index in [-0.39, 0.29) is 6.61 Å². The van der Waals surface area contributed by atoms with Crippen molar-refractivity contribution in [1.29, 1.82) is 0 Å². The van der Waals surface area contributed by atoms with Crippen LogP contribution in [0.3, 0.4) is 0 Å². The number of fused-ring (bicyclic) bond motifs is 1. The highest BCUT2D eigenvalue weighted by Gasteiger charge is 2.44. The summed E-state index contributed by atoms with van der Waals surface area (Å²) in [5.74, 6) is 0.783. The molecule has 24 heavy (non-hydrogen) atoms. The molecule has 0 unspecified atom stereocenters. The summed E-state index contributed by atoms with van der Waals surface area (Å²) >= 11 is 0. The predicted octanol–water partition coefficient (Wildman–Crippen LogP) is -0.572. The molecule has 4 atom stereocenters. The van der Waals surface area contributed by atoms with E-state index in [9.17, 15) is 15.3 Å². The number of nitrogens with zero attached hydrogens (tertiary/aromatic N) is 5. The van der Waals surface area contributed by atoms with E-state index < -0.39 is 24.5 Å². The molecule has 0 amide bonds. The van der Waals surface area contributed by atoms with E-state index in [0.29, 0.717) is 11.2 Å². The van der Waals surface area contributed by atoms with Gasteiger partial charge in [0.25, 0.3) is 0 Å². The normalized spacial score (nSPS) is 31.0. The first kappa shape index (κ1) is 15.7. The molecule has 0 radical (unpaired) electrons. The van der Waals surface area contributed by atoms with E-state index in [1.165, 1.54) is 19.1 Å². The number of aliphatic hydroxyl groups is 3. The van der Waals surface area contributed by atoms with E-state index in [4.69, 9.17) is 4.74 Å². The zero-order valence-corrected chi connectivity index (χ0v) is 13.2. The van der Waals surface area contributed by atoms with Crippen molar-refractivity contribution in [1.82, 2.24) is 19.5 Å². The highest BCUT2D eigenvalue weighted by atomic mass is 16.6. The molecule has 9 heteroatoms. The van der Waals surface area contributed by atoms with Gasteiger partial charge >= 0.3 is 0 Å². The number of hydrogen-bond acceptors (Lipinski definition) is 8. The second kappa shape index (κ2) is 6.25. The number of aromatic nitrogens is 4. The molecule has 0 bridgehead atoms. The maximum Gasteiger partial charge on any atom is 0.167 e. The van der Waals surface area contributed by atoms with Crippen LogP contribution in [0, 0.1) is 0 Å². The third-order valence-electron chi connectivity index (χ3n) is 4.79. The Morgan fingerprint density at radius 2 is 1.88 bits per heavy atom. The van der Waals surface area contributed by atoms with Crippen molar-refractivity contribution in [3.8, 4) is 0 Å². The number of anilines is 1. The Morgan fingerprint density at radius 3 is 2.58 bits per heavy atom. The van der Waals surface area contributed by atoms with Gasteiger partial charge in [0.05, 0.1) is 12.9 Å². The molecule has 0 spiro atoms. The number of rotatable bonds is 3. The molecule has 4 rings (SSSR count). The molecule has 9 nitrogen and oxygen atoms in total. The van der Waals surface area contributed by atoms with Crippen LogP contribution >= 0.6 is 0 Å². The number of imidazole rings is 1. The van der Waals surface area contributed by atoms with Gasteiger partial charge in [0.15, 0.2) is 23.2 Å². The Balaban J connectivity index is 1.71. The van der Waals surface area contributed by atoms with Gasteiger partial charge in [0.1, 0.15) is 24.6 Å². The van der Waals surface area contributed by atoms with Gasteiger partial charge in [-0.3, -0.25) is 4.57 Å². The van der Waals surface area contributed by atoms with Gasteiger partial charge in [-0.25, -0.2) is 15.0 Å². The number of piperidine rings is 1. The molecular weight excluding hydrogens is 314 g/mol. The van der Waals surface area contributed by atoms with Crippen LogP contribution in [0.2, 0.25) is 0 Å². The molecule has 130 valence electrons. The lowest BCUT2D eigenvalue weighted by molar-refractivity contribution is -0.0511. The monoisotopic (exact) mass is 335 g/mol. The fraction of sp³-hybridized carbons (Fsp3) is 0.667. The number of hydrogen-bond donors (Lipinski definition) is 3. The second-order valence-electron chi connectivity index (χ2n) is 6.30. The van der Waals surface area contributed by atoms with Gasteiger partial charge in [-0.05, 0) is 19.3 Å². The highest BCUT2D eigenvalue weighted by Crippen LogP contribution is 2.33. The zero-order chi connectivity index (χ0) is 16.7. The van der Waals surface area contributed by atoms with Crippen LogP contribution in [-0.2, 0) is 4.74 Å². The molecule has 2 fully saturated rings. The van der Waals surface area contributed by atoms with Crippen LogP contribution in [0.4, 0.5) is 5.82 Å². The molecule has 2 aromatic heterocycles. The first-order valence-corrected chi connectivity index (χ1v) is 8.25. The fourth-order valence-corrected chi connectivity index (χ4v) is 3.47. The SMILES string of the molecule is OC[C@@H]1O[C@@H](n2cnc3c(N4CCCCC4)ncnc32)[C@H](O)[C@@H]1O. The summed E-state index contributed by atoms with van der Waals surface area (Å²) in [6.45, 7) is 1.51. The molecule has 0 aromatic carbocycles. The highest BCUT2D eigenvalue weighted by molar-refractivity contribution is 5.83. The lowest BCUT2D eigenvalue weighted by Gasteiger charge is -2.27. The smallest absolute Gasteiger partial charge is 0.167 e. The van der Waals surface area contributed by atoms with Gasteiger partial charge in [0, 0.05) is 13.1 Å². The van der Waals surface area contributed by atoms with Crippen LogP contribution in [0.25, 0.3) is 11.2 Å². The summed E-state index contributed by atoms with van der Waals surface area (Å²) in [6.07, 6.45) is 2.51. The van der Waals surface area contributed by atoms with Crippen molar-refractivity contribution < 1.29 is 20.1 Å². The third-order valence-corrected chi connectivity index (χ3v) is 4.79. The molecular formula is C15H21N5O4. The minimum absolute atomic E-state index is 0.366. The van der Waals surface area contributed by atoms with E-state index >= 15 is 0 Å². The molecule has 0 saturated carbocycles. The lowest BCUT2D eigenvalue weighted by atomic mass is 10.1. The fourth-order valence-electron chi connectivity index (χ4n) is 3.47. The predicted molar refractivity (Wildman–Crippen MR) is 84.4 cm³/mol. The van der Waals surface area contributed by atoms with Gasteiger partial charge in [0.2, 0.25) is 0 Å². The quantitative estimate of drug-likeness (QED) is 0.683. The van der Waals surface area contributed by atoms with Crippen molar-refractivity contribution in [3.05, 3.63) is 12.7 Å². The standard InChI is InChI=1S/C15H21N5O4/c21-6-9-11(22)12(23)15(24-9)20-8-18-10-13(16-7-17-14(10)20)19-4-2-1-3-5-19/h7-9,11-12,15,21-23H,1-6H2/t9-,11+,12+,15+/m0/s1. The third kappa shape index (κ3) is 2.44. The Hall–Kier alpha value is -1.81. The van der Waals surface area contributed by atoms with Gasteiger partial charge in [-0.1, -0.05) is 0 Å². The van der Waals surface area contributed by atoms with Crippen LogP contribution in [0.15, 0.2) is 12.7 Å². The molecule has 4 heterocycles. The summed E-state index contributed by atoms with van der Waals surface area (Å²) in [5.41, 5.74) is 1.19. The van der Waals surface area contributed by atoms with Crippen molar-refractivity contribution >= 4 is 17.0 Å². The number of aliphatic hydroxyl groups excluding tert-OH is 3. The van der Waals surface area contributed by atoms with Crippen LogP contribution in [-0.4, -0.2) is 72.8 Å². The van der Waals surface area contributed by atoms with Crippen molar-refractivity contribution in [2.75, 3.05) is 24.6 Å². The Bertz CT molecular complexity index is 717. The van der Waals surface area contributed by atoms with E-state index in [2.05, 4.69) is 19.9 Å². The van der Waals surface area contributed by atoms with Crippen molar-refractivity contribution in [3.63, 3.8) is 0 Å². The first-order chi connectivity index (χ1) is 11.7. The summed E-state index contributed by atoms with van der Waals surface area (Å²) in [7, 11) is 0. The molecule has 2 aliphatic heterocycles. The lowest BCUT2D eigenvalue weighted by Crippen LogP contribution is -2.33. The van der Waals surface area contributed by atoms with Crippen molar-refractivity contribution in [2.24, 2.45) is 0 Å². The van der Waals surface area contributed by atoms with E-state index in [1.807, 2.05) is 0 Å². The summed E-state index contributed by atoms with van der Waals surface area (Å²) in [6, 6.07) is 0. The second-order valence-corrected chi connectivity index (χ2v) is 6.30. The Labute approximate surface area is 138 Å². The Kier molecular flexibility index (Phi) is 4.09. The van der Waals surface area contributed by atoms with E-state index in [0.717, 1.165) is 31.7 Å². The van der Waals surface area contributed by atoms with Gasteiger partial charge in [-0.2, -0.15) is 0 Å². The van der Waals surface area contributed by atoms with Crippen molar-refractivity contribution in [2.45, 2.75) is 43.8 Å². The van der Waals surface area contributed by atoms with Crippen LogP contribution in [0.1, 0.15) is 25.5 Å². The topological polar surface area (TPSA) is 117 Å². The largest absolute Gasteiger partial charge is 0.394 e. The zero-order valence-electron chi connectivity index (χ0n) is 13.2. The maximum absolute atomic E-state index is 10.2. The first-order valence-electron chi connectivity index (χ1n) is 8.25. The molecule has 0 aliphatic carbocycles. The number of ether oxygens (including phenoxy) is 1. The van der Waals surface area contributed by atoms with Crippen LogP contribution < -0.4 is 4.90 Å². The minimum atomic E-state index is -1.16. The summed E-state index contributed by atoms with van der Waals surface area (Å²) in [4.78, 5) is 15.3. The summed E-state index contributed by atoms with van der Waals surface area (Å²) < 4.78 is 7.16. The van der Waals surface area contributed by atoms with Gasteiger partial charge < -0.3 is 25.0 Å². The van der Waals surface area contributed by atoms with Gasteiger partial charge in [-0.15, -0.1) is 0 Å². The van der Waals surface area contributed by atoms with E-state index in [1.54, 1.807) is 4.57 Å². The maximum atomic E-state index is 10.2. The molecule has 2 saturated heterocycles. The average Bonchev–Trinajstić information content (AvgIpc) is 3.17. The minimum Gasteiger partial charge on any atom is -0.394 e. The summed E-state index contributed by atoms with van der Waals surface area (Å²) in [5, 5.41) is 29.4. The molecule has 2 aliphatic rings. The molecule has 2 aromatic rings. The molecule has 3 N–H and O–H groups in total.